The zero-order chi connectivity index (χ0) is 19.7. The summed E-state index contributed by atoms with van der Waals surface area (Å²) < 4.78 is 61.6. The second-order valence-corrected chi connectivity index (χ2v) is 6.28. The van der Waals surface area contributed by atoms with Gasteiger partial charge in [0, 0.05) is 12.1 Å². The van der Waals surface area contributed by atoms with Gasteiger partial charge in [0.05, 0.1) is 5.69 Å². The maximum absolute atomic E-state index is 14.4. The van der Waals surface area contributed by atoms with Gasteiger partial charge >= 0.3 is 6.09 Å². The number of nitrogens with one attached hydrogen (secondary N) is 2. The molecule has 1 aliphatic rings. The number of hydrogen-bond donors (Lipinski definition) is 3. The van der Waals surface area contributed by atoms with Gasteiger partial charge < -0.3 is 15.8 Å². The standard InChI is InChI=1S/C18H17F4N3O2/c1-8-2-3-9(11(19)6-8)7-24-16-12(20)13(21)17(15(23)14(16)22)25-18(26)27-10-4-5-10/h2-3,6,10,24H,4-5,7,23H2,1H3,(H,25,26). The van der Waals surface area contributed by atoms with Crippen LogP contribution < -0.4 is 16.4 Å². The average molecular weight is 383 g/mol. The van der Waals surface area contributed by atoms with Gasteiger partial charge in [-0.15, -0.1) is 0 Å². The number of rotatable bonds is 5. The molecular weight excluding hydrogens is 366 g/mol. The van der Waals surface area contributed by atoms with Gasteiger partial charge in [-0.25, -0.2) is 22.4 Å². The minimum atomic E-state index is -1.59. The van der Waals surface area contributed by atoms with Crippen molar-refractivity contribution in [2.45, 2.75) is 32.4 Å². The number of carbonyl (C=O) groups is 1. The van der Waals surface area contributed by atoms with Crippen LogP contribution in [0.2, 0.25) is 0 Å². The predicted octanol–water partition coefficient (Wildman–Crippen LogP) is 4.46. The fourth-order valence-electron chi connectivity index (χ4n) is 2.40. The molecular formula is C18H17F4N3O2. The number of nitrogens with two attached hydrogens (primary N) is 1. The summed E-state index contributed by atoms with van der Waals surface area (Å²) in [5, 5.41) is 4.23. The summed E-state index contributed by atoms with van der Waals surface area (Å²) in [5.74, 6) is -5.01. The van der Waals surface area contributed by atoms with Crippen molar-refractivity contribution in [3.8, 4) is 0 Å². The molecule has 144 valence electrons. The molecule has 0 saturated heterocycles. The van der Waals surface area contributed by atoms with Crippen LogP contribution >= 0.6 is 0 Å². The van der Waals surface area contributed by atoms with E-state index in [1.807, 2.05) is 5.32 Å². The normalized spacial score (nSPS) is 13.4. The van der Waals surface area contributed by atoms with E-state index in [4.69, 9.17) is 10.5 Å². The topological polar surface area (TPSA) is 76.4 Å². The van der Waals surface area contributed by atoms with Crippen LogP contribution in [0.1, 0.15) is 24.0 Å². The molecule has 3 rings (SSSR count). The number of carbonyl (C=O) groups excluding carboxylic acids is 1. The lowest BCUT2D eigenvalue weighted by molar-refractivity contribution is 0.154. The van der Waals surface area contributed by atoms with Crippen molar-refractivity contribution in [3.05, 3.63) is 52.6 Å². The summed E-state index contributed by atoms with van der Waals surface area (Å²) in [6.07, 6.45) is 0.0117. The number of amides is 1. The van der Waals surface area contributed by atoms with E-state index in [2.05, 4.69) is 5.32 Å². The maximum Gasteiger partial charge on any atom is 0.412 e. The molecule has 0 bridgehead atoms. The quantitative estimate of drug-likeness (QED) is 0.405. The Morgan fingerprint density at radius 1 is 1.15 bits per heavy atom. The van der Waals surface area contributed by atoms with E-state index < -0.39 is 46.4 Å². The number of halogens is 4. The molecule has 4 N–H and O–H groups in total. The first-order valence-electron chi connectivity index (χ1n) is 8.20. The lowest BCUT2D eigenvalue weighted by Crippen LogP contribution is -2.19. The molecule has 2 aromatic rings. The van der Waals surface area contributed by atoms with Gasteiger partial charge in [-0.1, -0.05) is 12.1 Å². The highest BCUT2D eigenvalue weighted by molar-refractivity contribution is 5.90. The van der Waals surface area contributed by atoms with Crippen molar-refractivity contribution in [3.63, 3.8) is 0 Å². The molecule has 0 aliphatic heterocycles. The van der Waals surface area contributed by atoms with Gasteiger partial charge in [0.2, 0.25) is 0 Å². The summed E-state index contributed by atoms with van der Waals surface area (Å²) in [7, 11) is 0. The molecule has 0 unspecified atom stereocenters. The van der Waals surface area contributed by atoms with Crippen molar-refractivity contribution >= 4 is 23.2 Å². The van der Waals surface area contributed by atoms with Crippen LogP contribution in [0.5, 0.6) is 0 Å². The molecule has 27 heavy (non-hydrogen) atoms. The molecule has 0 spiro atoms. The van der Waals surface area contributed by atoms with E-state index in [-0.39, 0.29) is 18.2 Å². The highest BCUT2D eigenvalue weighted by atomic mass is 19.2. The average Bonchev–Trinajstić information content (AvgIpc) is 3.42. The van der Waals surface area contributed by atoms with Gasteiger partial charge in [0.1, 0.15) is 23.3 Å². The van der Waals surface area contributed by atoms with Gasteiger partial charge in [-0.2, -0.15) is 0 Å². The van der Waals surface area contributed by atoms with E-state index in [9.17, 15) is 22.4 Å². The molecule has 1 fully saturated rings. The minimum absolute atomic E-state index is 0.133. The third kappa shape index (κ3) is 4.07. The fraction of sp³-hybridized carbons (Fsp3) is 0.278. The number of aryl methyl sites for hydroxylation is 1. The largest absolute Gasteiger partial charge is 0.446 e. The third-order valence-electron chi connectivity index (χ3n) is 4.05. The minimum Gasteiger partial charge on any atom is -0.446 e. The van der Waals surface area contributed by atoms with E-state index in [1.54, 1.807) is 13.0 Å². The molecule has 0 heterocycles. The van der Waals surface area contributed by atoms with E-state index in [1.165, 1.54) is 12.1 Å². The first-order valence-corrected chi connectivity index (χ1v) is 8.20. The Hall–Kier alpha value is -2.97. The van der Waals surface area contributed by atoms with E-state index in [0.29, 0.717) is 18.4 Å². The summed E-state index contributed by atoms with van der Waals surface area (Å²) in [6.45, 7) is 1.39. The first kappa shape index (κ1) is 18.8. The molecule has 0 aromatic heterocycles. The smallest absolute Gasteiger partial charge is 0.412 e. The molecule has 1 aliphatic carbocycles. The summed E-state index contributed by atoms with van der Waals surface area (Å²) in [4.78, 5) is 11.6. The lowest BCUT2D eigenvalue weighted by Gasteiger charge is -2.16. The van der Waals surface area contributed by atoms with E-state index in [0.717, 1.165) is 0 Å². The Labute approximate surface area is 152 Å². The Balaban J connectivity index is 1.82. The highest BCUT2D eigenvalue weighted by Crippen LogP contribution is 2.35. The number of nitrogen functional groups attached to an aromatic ring is 1. The van der Waals surface area contributed by atoms with Gasteiger partial charge in [0.25, 0.3) is 0 Å². The van der Waals surface area contributed by atoms with Crippen LogP contribution in [0.25, 0.3) is 0 Å². The number of hydrogen-bond acceptors (Lipinski definition) is 4. The fourth-order valence-corrected chi connectivity index (χ4v) is 2.40. The van der Waals surface area contributed by atoms with Gasteiger partial charge in [-0.05, 0) is 31.4 Å². The Morgan fingerprint density at radius 2 is 1.81 bits per heavy atom. The second kappa shape index (κ2) is 7.34. The van der Waals surface area contributed by atoms with Crippen LogP contribution in [-0.2, 0) is 11.3 Å². The van der Waals surface area contributed by atoms with Crippen molar-refractivity contribution in [1.29, 1.82) is 0 Å². The molecule has 0 atom stereocenters. The Bertz CT molecular complexity index is 872. The molecule has 1 saturated carbocycles. The number of benzene rings is 2. The highest BCUT2D eigenvalue weighted by Gasteiger charge is 2.29. The molecule has 0 radical (unpaired) electrons. The van der Waals surface area contributed by atoms with Crippen LogP contribution in [0.15, 0.2) is 18.2 Å². The van der Waals surface area contributed by atoms with Crippen molar-refractivity contribution in [2.24, 2.45) is 0 Å². The molecule has 2 aromatic carbocycles. The van der Waals surface area contributed by atoms with Gasteiger partial charge in [0.15, 0.2) is 17.5 Å². The van der Waals surface area contributed by atoms with Crippen LogP contribution in [0, 0.1) is 30.2 Å². The third-order valence-corrected chi connectivity index (χ3v) is 4.05. The SMILES string of the molecule is Cc1ccc(CNc2c(F)c(N)c(NC(=O)OC3CC3)c(F)c2F)c(F)c1. The Kier molecular flexibility index (Phi) is 5.11. The molecule has 5 nitrogen and oxygen atoms in total. The van der Waals surface area contributed by atoms with E-state index >= 15 is 0 Å². The zero-order valence-electron chi connectivity index (χ0n) is 14.3. The zero-order valence-corrected chi connectivity index (χ0v) is 14.3. The summed E-state index contributed by atoms with van der Waals surface area (Å²) in [5.41, 5.74) is 3.81. The second-order valence-electron chi connectivity index (χ2n) is 6.28. The van der Waals surface area contributed by atoms with Crippen molar-refractivity contribution < 1.29 is 27.1 Å². The summed E-state index contributed by atoms with van der Waals surface area (Å²) in [6, 6.07) is 4.33. The predicted molar refractivity (Wildman–Crippen MR) is 92.3 cm³/mol. The first-order chi connectivity index (χ1) is 12.8. The molecule has 1 amide bonds. The van der Waals surface area contributed by atoms with Crippen molar-refractivity contribution in [2.75, 3.05) is 16.4 Å². The lowest BCUT2D eigenvalue weighted by atomic mass is 10.1. The molecule has 9 heteroatoms. The van der Waals surface area contributed by atoms with Crippen LogP contribution in [0.4, 0.5) is 39.4 Å². The number of ether oxygens (including phenoxy) is 1. The van der Waals surface area contributed by atoms with Gasteiger partial charge in [-0.3, -0.25) is 5.32 Å². The van der Waals surface area contributed by atoms with Crippen LogP contribution in [-0.4, -0.2) is 12.2 Å². The summed E-state index contributed by atoms with van der Waals surface area (Å²) >= 11 is 0. The monoisotopic (exact) mass is 383 g/mol. The maximum atomic E-state index is 14.4. The van der Waals surface area contributed by atoms with Crippen molar-refractivity contribution in [1.82, 2.24) is 0 Å². The number of anilines is 3. The Morgan fingerprint density at radius 3 is 2.44 bits per heavy atom. The van der Waals surface area contributed by atoms with Crippen LogP contribution in [0.3, 0.4) is 0 Å².